The average molecular weight is 280 g/mol. The van der Waals surface area contributed by atoms with Gasteiger partial charge in [0.25, 0.3) is 0 Å². The molecule has 20 heavy (non-hydrogen) atoms. The minimum Gasteiger partial charge on any atom is -0.508 e. The number of phenolic OH excluding ortho intramolecular Hbond substituents is 1. The summed E-state index contributed by atoms with van der Waals surface area (Å²) >= 11 is 0. The first-order valence-electron chi connectivity index (χ1n) is 7.85. The first-order chi connectivity index (χ1) is 9.83. The van der Waals surface area contributed by atoms with Gasteiger partial charge in [-0.3, -0.25) is 0 Å². The molecular weight excluding hydrogens is 252 g/mol. The molecule has 2 N–H and O–H groups in total. The molecule has 1 aromatic carbocycles. The standard InChI is InChI=1S/C17H28O3/c18-14-8-6-4-2-1-3-5-7-9-15-20-17-12-10-16(19)11-13-17/h10-13,18-19H,1-9,14-15H2. The number of rotatable bonds is 12. The van der Waals surface area contributed by atoms with Crippen LogP contribution in [0.4, 0.5) is 0 Å². The van der Waals surface area contributed by atoms with Crippen LogP contribution in [0.1, 0.15) is 57.8 Å². The molecule has 0 radical (unpaired) electrons. The first-order valence-corrected chi connectivity index (χ1v) is 7.85. The summed E-state index contributed by atoms with van der Waals surface area (Å²) in [7, 11) is 0. The Labute approximate surface area is 122 Å². The van der Waals surface area contributed by atoms with Crippen LogP contribution in [-0.2, 0) is 0 Å². The van der Waals surface area contributed by atoms with Gasteiger partial charge in [0.1, 0.15) is 11.5 Å². The van der Waals surface area contributed by atoms with E-state index in [0.29, 0.717) is 6.61 Å². The quantitative estimate of drug-likeness (QED) is 0.562. The second-order valence-corrected chi connectivity index (χ2v) is 5.25. The summed E-state index contributed by atoms with van der Waals surface area (Å²) in [6.07, 6.45) is 10.9. The Morgan fingerprint density at radius 1 is 0.700 bits per heavy atom. The molecule has 0 fully saturated rings. The predicted molar refractivity (Wildman–Crippen MR) is 82.2 cm³/mol. The Balaban J connectivity index is 1.84. The minimum atomic E-state index is 0.274. The van der Waals surface area contributed by atoms with Gasteiger partial charge >= 0.3 is 0 Å². The highest BCUT2D eigenvalue weighted by molar-refractivity contribution is 5.29. The molecule has 0 heterocycles. The monoisotopic (exact) mass is 280 g/mol. The molecule has 0 bridgehead atoms. The molecule has 0 saturated carbocycles. The fourth-order valence-corrected chi connectivity index (χ4v) is 2.18. The zero-order valence-corrected chi connectivity index (χ0v) is 12.4. The lowest BCUT2D eigenvalue weighted by Gasteiger charge is -2.06. The minimum absolute atomic E-state index is 0.274. The summed E-state index contributed by atoms with van der Waals surface area (Å²) in [5.74, 6) is 1.10. The number of ether oxygens (including phenoxy) is 1. The highest BCUT2D eigenvalue weighted by Gasteiger charge is 1.95. The van der Waals surface area contributed by atoms with Crippen LogP contribution < -0.4 is 4.74 Å². The van der Waals surface area contributed by atoms with Crippen LogP contribution in [0.25, 0.3) is 0 Å². The SMILES string of the molecule is OCCCCCCCCCCCOc1ccc(O)cc1. The number of phenols is 1. The number of hydrogen-bond donors (Lipinski definition) is 2. The van der Waals surface area contributed by atoms with Crippen LogP contribution in [0.2, 0.25) is 0 Å². The van der Waals surface area contributed by atoms with E-state index in [1.54, 1.807) is 24.3 Å². The Kier molecular flexibility index (Phi) is 9.76. The Bertz CT molecular complexity index is 322. The van der Waals surface area contributed by atoms with E-state index < -0.39 is 0 Å². The Morgan fingerprint density at radius 2 is 1.20 bits per heavy atom. The number of aromatic hydroxyl groups is 1. The number of aliphatic hydroxyl groups excluding tert-OH is 1. The van der Waals surface area contributed by atoms with Gasteiger partial charge in [0.2, 0.25) is 0 Å². The molecule has 0 unspecified atom stereocenters. The normalized spacial score (nSPS) is 10.7. The molecule has 0 amide bonds. The van der Waals surface area contributed by atoms with Crippen molar-refractivity contribution < 1.29 is 14.9 Å². The maximum atomic E-state index is 9.15. The van der Waals surface area contributed by atoms with Crippen molar-refractivity contribution in [2.75, 3.05) is 13.2 Å². The molecule has 0 aliphatic carbocycles. The lowest BCUT2D eigenvalue weighted by Crippen LogP contribution is -1.96. The molecule has 3 nitrogen and oxygen atoms in total. The van der Waals surface area contributed by atoms with Crippen molar-refractivity contribution in [3.63, 3.8) is 0 Å². The average Bonchev–Trinajstić information content (AvgIpc) is 2.47. The third-order valence-electron chi connectivity index (χ3n) is 3.41. The maximum absolute atomic E-state index is 9.15. The van der Waals surface area contributed by atoms with Crippen molar-refractivity contribution in [3.8, 4) is 11.5 Å². The molecule has 0 atom stereocenters. The summed E-state index contributed by atoms with van der Waals surface area (Å²) < 4.78 is 5.60. The van der Waals surface area contributed by atoms with Crippen molar-refractivity contribution >= 4 is 0 Å². The van der Waals surface area contributed by atoms with Crippen LogP contribution in [0.3, 0.4) is 0 Å². The number of aliphatic hydroxyl groups is 1. The third kappa shape index (κ3) is 8.81. The summed E-state index contributed by atoms with van der Waals surface area (Å²) in [6.45, 7) is 1.09. The smallest absolute Gasteiger partial charge is 0.119 e. The molecule has 0 aliphatic heterocycles. The lowest BCUT2D eigenvalue weighted by atomic mass is 10.1. The Morgan fingerprint density at radius 3 is 1.75 bits per heavy atom. The zero-order valence-electron chi connectivity index (χ0n) is 12.4. The van der Waals surface area contributed by atoms with E-state index >= 15 is 0 Å². The first kappa shape index (κ1) is 16.8. The summed E-state index contributed by atoms with van der Waals surface area (Å²) in [5.41, 5.74) is 0. The van der Waals surface area contributed by atoms with Crippen molar-refractivity contribution in [1.29, 1.82) is 0 Å². The number of unbranched alkanes of at least 4 members (excludes halogenated alkanes) is 8. The van der Waals surface area contributed by atoms with Crippen molar-refractivity contribution in [2.45, 2.75) is 57.8 Å². The van der Waals surface area contributed by atoms with E-state index in [9.17, 15) is 0 Å². The lowest BCUT2D eigenvalue weighted by molar-refractivity contribution is 0.282. The van der Waals surface area contributed by atoms with Crippen LogP contribution in [0.5, 0.6) is 11.5 Å². The van der Waals surface area contributed by atoms with Crippen LogP contribution in [-0.4, -0.2) is 23.4 Å². The van der Waals surface area contributed by atoms with Gasteiger partial charge in [-0.15, -0.1) is 0 Å². The Hall–Kier alpha value is -1.22. The van der Waals surface area contributed by atoms with E-state index in [4.69, 9.17) is 14.9 Å². The fraction of sp³-hybridized carbons (Fsp3) is 0.647. The summed E-state index contributed by atoms with van der Waals surface area (Å²) in [5, 5.41) is 17.8. The van der Waals surface area contributed by atoms with E-state index in [1.165, 1.54) is 38.5 Å². The van der Waals surface area contributed by atoms with Gasteiger partial charge < -0.3 is 14.9 Å². The molecule has 1 rings (SSSR count). The number of benzene rings is 1. The maximum Gasteiger partial charge on any atom is 0.119 e. The second kappa shape index (κ2) is 11.6. The third-order valence-corrected chi connectivity index (χ3v) is 3.41. The number of hydrogen-bond acceptors (Lipinski definition) is 3. The van der Waals surface area contributed by atoms with Crippen LogP contribution in [0.15, 0.2) is 24.3 Å². The van der Waals surface area contributed by atoms with E-state index in [-0.39, 0.29) is 5.75 Å². The summed E-state index contributed by atoms with van der Waals surface area (Å²) in [4.78, 5) is 0. The van der Waals surface area contributed by atoms with E-state index in [2.05, 4.69) is 0 Å². The molecule has 0 saturated heterocycles. The van der Waals surface area contributed by atoms with E-state index in [1.807, 2.05) is 0 Å². The van der Waals surface area contributed by atoms with Crippen molar-refractivity contribution in [2.24, 2.45) is 0 Å². The molecule has 1 aromatic rings. The molecule has 3 heteroatoms. The van der Waals surface area contributed by atoms with Gasteiger partial charge in [-0.25, -0.2) is 0 Å². The fourth-order valence-electron chi connectivity index (χ4n) is 2.18. The van der Waals surface area contributed by atoms with E-state index in [0.717, 1.165) is 31.6 Å². The predicted octanol–water partition coefficient (Wildman–Crippen LogP) is 4.27. The molecule has 0 spiro atoms. The van der Waals surface area contributed by atoms with Gasteiger partial charge in [0.15, 0.2) is 0 Å². The molecule has 0 aromatic heterocycles. The highest BCUT2D eigenvalue weighted by Crippen LogP contribution is 2.16. The van der Waals surface area contributed by atoms with Gasteiger partial charge in [0, 0.05) is 6.61 Å². The molecule has 0 aliphatic rings. The topological polar surface area (TPSA) is 49.7 Å². The summed E-state index contributed by atoms with van der Waals surface area (Å²) in [6, 6.07) is 6.88. The second-order valence-electron chi connectivity index (χ2n) is 5.25. The van der Waals surface area contributed by atoms with Gasteiger partial charge in [-0.1, -0.05) is 44.9 Å². The highest BCUT2D eigenvalue weighted by atomic mass is 16.5. The van der Waals surface area contributed by atoms with Gasteiger partial charge in [0.05, 0.1) is 6.61 Å². The van der Waals surface area contributed by atoms with Gasteiger partial charge in [-0.2, -0.15) is 0 Å². The zero-order chi connectivity index (χ0) is 14.5. The van der Waals surface area contributed by atoms with Crippen LogP contribution in [0, 0.1) is 0 Å². The largest absolute Gasteiger partial charge is 0.508 e. The molecule has 114 valence electrons. The van der Waals surface area contributed by atoms with Crippen molar-refractivity contribution in [1.82, 2.24) is 0 Å². The molecular formula is C17H28O3. The van der Waals surface area contributed by atoms with Gasteiger partial charge in [-0.05, 0) is 37.1 Å². The van der Waals surface area contributed by atoms with Crippen LogP contribution >= 0.6 is 0 Å². The van der Waals surface area contributed by atoms with Crippen molar-refractivity contribution in [3.05, 3.63) is 24.3 Å².